The number of nitrogens with zero attached hydrogens (tertiary/aromatic N) is 8. The van der Waals surface area contributed by atoms with E-state index in [1.165, 1.54) is 63.3 Å². The van der Waals surface area contributed by atoms with Gasteiger partial charge in [0.2, 0.25) is 0 Å². The predicted octanol–water partition coefficient (Wildman–Crippen LogP) is 2.29. The number of aliphatic imine (C=N–C) groups is 2. The summed E-state index contributed by atoms with van der Waals surface area (Å²) in [5.74, 6) is 2.37. The maximum atomic E-state index is 10.7. The minimum atomic E-state index is -6.09. The quantitative estimate of drug-likeness (QED) is 0.176. The van der Waals surface area contributed by atoms with Gasteiger partial charge in [0.15, 0.2) is 32.2 Å². The Hall–Kier alpha value is -1.52. The Kier molecular flexibility index (Phi) is 20.2. The van der Waals surface area contributed by atoms with Gasteiger partial charge in [-0.05, 0) is 53.9 Å². The number of halogens is 6. The normalized spacial score (nSPS) is 24.6. The van der Waals surface area contributed by atoms with Gasteiger partial charge in [0.05, 0.1) is 12.1 Å². The summed E-state index contributed by atoms with van der Waals surface area (Å²) in [6.07, 6.45) is 10.5. The second kappa shape index (κ2) is 20.8. The molecule has 2 heterocycles. The van der Waals surface area contributed by atoms with Gasteiger partial charge in [-0.2, -0.15) is 26.3 Å². The molecule has 0 spiro atoms. The molecule has 4 aliphatic rings. The zero-order valence-corrected chi connectivity index (χ0v) is 35.2. The van der Waals surface area contributed by atoms with E-state index in [1.807, 2.05) is 0 Å². The summed E-state index contributed by atoms with van der Waals surface area (Å²) in [6, 6.07) is 2.21. The van der Waals surface area contributed by atoms with Crippen LogP contribution >= 0.6 is 0 Å². The summed E-state index contributed by atoms with van der Waals surface area (Å²) in [7, 11) is 5.16. The van der Waals surface area contributed by atoms with E-state index in [1.54, 1.807) is 0 Å². The van der Waals surface area contributed by atoms with Crippen LogP contribution in [0.25, 0.3) is 0 Å². The summed E-state index contributed by atoms with van der Waals surface area (Å²) < 4.78 is 118. The van der Waals surface area contributed by atoms with Crippen LogP contribution in [-0.4, -0.2) is 185 Å². The van der Waals surface area contributed by atoms with Crippen LogP contribution in [0.1, 0.15) is 51.4 Å². The van der Waals surface area contributed by atoms with Crippen molar-refractivity contribution in [2.45, 2.75) is 86.6 Å². The third kappa shape index (κ3) is 16.2. The average Bonchev–Trinajstić information content (AvgIpc) is 3.47. The molecule has 14 nitrogen and oxygen atoms in total. The molecule has 0 amide bonds. The summed E-state index contributed by atoms with van der Waals surface area (Å²) in [4.78, 5) is 23.9. The maximum Gasteiger partial charge on any atom is 2.00 e. The molecule has 0 unspecified atom stereocenters. The van der Waals surface area contributed by atoms with Gasteiger partial charge in [0.1, 0.15) is 0 Å². The first-order valence-electron chi connectivity index (χ1n) is 16.1. The van der Waals surface area contributed by atoms with Gasteiger partial charge < -0.3 is 38.5 Å². The van der Waals surface area contributed by atoms with Crippen LogP contribution in [0.3, 0.4) is 0 Å². The van der Waals surface area contributed by atoms with Crippen molar-refractivity contribution in [2.24, 2.45) is 9.98 Å². The van der Waals surface area contributed by atoms with Crippen molar-refractivity contribution in [3.8, 4) is 0 Å². The van der Waals surface area contributed by atoms with Crippen LogP contribution in [0.15, 0.2) is 9.98 Å². The first kappa shape index (κ1) is 49.5. The number of alkyl halides is 6. The van der Waals surface area contributed by atoms with Crippen molar-refractivity contribution in [3.63, 3.8) is 0 Å². The minimum absolute atomic E-state index is 0. The first-order chi connectivity index (χ1) is 22.7. The topological polar surface area (TPSA) is 159 Å². The van der Waals surface area contributed by atoms with Crippen molar-refractivity contribution in [3.05, 3.63) is 0 Å². The largest absolute Gasteiger partial charge is 2.00 e. The SMILES string of the molecule is CN1CCN(C)C1=N[C@@H]1CCCC[C@H]1N(C)C.CN1CCN(C)C1=N[C@@H]1CCCC[C@H]1N(C)C.O=S(=O)([O-])C(F)(F)F.O=S(=O)([O-])C(F)(F)F.[Zn+2]. The number of guanidine groups is 2. The summed E-state index contributed by atoms with van der Waals surface area (Å²) in [6.45, 7) is 4.42. The molecule has 23 heteroatoms. The standard InChI is InChI=1S/2C13H26N4.2CHF3O3S.Zn/c2*1-15(2)12-8-6-5-7-11(12)14-13-16(3)9-10-17(13)4;2*2-1(3,4)8(5,6)7;/h2*11-12H,5-10H2,1-4H3;2*(H,5,6,7);/q;;;;+2/p-2/t2*11-,12-;;;/m11.../s1. The van der Waals surface area contributed by atoms with Crippen molar-refractivity contribution in [1.82, 2.24) is 29.4 Å². The summed E-state index contributed by atoms with van der Waals surface area (Å²) in [5.41, 5.74) is -11.3. The molecule has 0 radical (unpaired) electrons. The molecule has 0 N–H and O–H groups in total. The Balaban J connectivity index is 0.000000692. The van der Waals surface area contributed by atoms with E-state index in [0.29, 0.717) is 24.2 Å². The van der Waals surface area contributed by atoms with Crippen molar-refractivity contribution < 1.29 is 71.8 Å². The monoisotopic (exact) mass is 838 g/mol. The fraction of sp³-hybridized carbons (Fsp3) is 0.929. The first-order valence-corrected chi connectivity index (χ1v) is 18.9. The van der Waals surface area contributed by atoms with Gasteiger partial charge in [0.25, 0.3) is 0 Å². The molecule has 0 aromatic rings. The number of rotatable bonds is 4. The van der Waals surface area contributed by atoms with E-state index in [4.69, 9.17) is 35.9 Å². The van der Waals surface area contributed by atoms with Gasteiger partial charge >= 0.3 is 30.5 Å². The van der Waals surface area contributed by atoms with Crippen LogP contribution in [0.5, 0.6) is 0 Å². The van der Waals surface area contributed by atoms with E-state index in [9.17, 15) is 26.3 Å². The number of hydrogen-bond donors (Lipinski definition) is 0. The van der Waals surface area contributed by atoms with E-state index >= 15 is 0 Å². The third-order valence-electron chi connectivity index (χ3n) is 8.75. The number of likely N-dealkylation sites (N-methyl/N-ethyl adjacent to an activating group) is 6. The molecule has 2 aliphatic heterocycles. The smallest absolute Gasteiger partial charge is 0.741 e. The Labute approximate surface area is 311 Å². The Bertz CT molecular complexity index is 1220. The third-order valence-corrected chi connectivity index (χ3v) is 9.89. The van der Waals surface area contributed by atoms with Crippen LogP contribution in [0.2, 0.25) is 0 Å². The second-order valence-electron chi connectivity index (χ2n) is 13.1. The average molecular weight is 840 g/mol. The molecule has 51 heavy (non-hydrogen) atoms. The molecular formula is C28H52F6N8O6S2Zn. The molecule has 2 saturated heterocycles. The van der Waals surface area contributed by atoms with Crippen LogP contribution < -0.4 is 0 Å². The molecule has 0 bridgehead atoms. The Morgan fingerprint density at radius 3 is 0.980 bits per heavy atom. The summed E-state index contributed by atoms with van der Waals surface area (Å²) in [5, 5.41) is 0. The fourth-order valence-electron chi connectivity index (χ4n) is 5.96. The zero-order valence-electron chi connectivity index (χ0n) is 30.6. The number of hydrogen-bond acceptors (Lipinski definition) is 10. The summed E-state index contributed by atoms with van der Waals surface area (Å²) >= 11 is 0. The maximum absolute atomic E-state index is 10.7. The molecule has 4 fully saturated rings. The molecule has 0 aromatic heterocycles. The van der Waals surface area contributed by atoms with E-state index in [0.717, 1.165) is 26.2 Å². The van der Waals surface area contributed by atoms with Gasteiger partial charge in [-0.1, -0.05) is 25.7 Å². The molecule has 4 rings (SSSR count). The molecule has 296 valence electrons. The Morgan fingerprint density at radius 1 is 0.569 bits per heavy atom. The van der Waals surface area contributed by atoms with Gasteiger partial charge in [-0.3, -0.25) is 0 Å². The predicted molar refractivity (Wildman–Crippen MR) is 176 cm³/mol. The molecule has 0 aromatic carbocycles. The van der Waals surface area contributed by atoms with Gasteiger partial charge in [-0.15, -0.1) is 0 Å². The van der Waals surface area contributed by atoms with Crippen LogP contribution in [0.4, 0.5) is 26.3 Å². The fourth-order valence-corrected chi connectivity index (χ4v) is 5.96. The zero-order chi connectivity index (χ0) is 38.8. The van der Waals surface area contributed by atoms with E-state index in [-0.39, 0.29) is 19.5 Å². The van der Waals surface area contributed by atoms with E-state index < -0.39 is 31.3 Å². The van der Waals surface area contributed by atoms with Gasteiger partial charge in [0, 0.05) is 66.5 Å². The van der Waals surface area contributed by atoms with Crippen molar-refractivity contribution >= 4 is 32.2 Å². The Morgan fingerprint density at radius 2 is 0.784 bits per heavy atom. The minimum Gasteiger partial charge on any atom is -0.741 e. The van der Waals surface area contributed by atoms with Crippen LogP contribution in [-0.2, 0) is 39.7 Å². The van der Waals surface area contributed by atoms with Crippen LogP contribution in [0, 0.1) is 0 Å². The molecular weight excluding hydrogens is 788 g/mol. The molecule has 2 saturated carbocycles. The van der Waals surface area contributed by atoms with E-state index in [2.05, 4.69) is 85.8 Å². The molecule has 2 aliphatic carbocycles. The van der Waals surface area contributed by atoms with Crippen molar-refractivity contribution in [1.29, 1.82) is 0 Å². The van der Waals surface area contributed by atoms with Gasteiger partial charge in [-0.25, -0.2) is 26.8 Å². The van der Waals surface area contributed by atoms with Crippen molar-refractivity contribution in [2.75, 3.05) is 82.6 Å². The second-order valence-corrected chi connectivity index (χ2v) is 15.9. The molecule has 4 atom stereocenters.